The Labute approximate surface area is 62.9 Å². The lowest BCUT2D eigenvalue weighted by Crippen LogP contribution is -2.36. The second kappa shape index (κ2) is 2.95. The molecule has 0 amide bonds. The van der Waals surface area contributed by atoms with Crippen LogP contribution in [0.2, 0.25) is 0 Å². The highest BCUT2D eigenvalue weighted by Gasteiger charge is 2.14. The van der Waals surface area contributed by atoms with Gasteiger partial charge in [-0.05, 0) is 25.8 Å². The van der Waals surface area contributed by atoms with Crippen molar-refractivity contribution in [3.63, 3.8) is 0 Å². The molecule has 0 bridgehead atoms. The van der Waals surface area contributed by atoms with Crippen molar-refractivity contribution in [3.8, 4) is 0 Å². The lowest BCUT2D eigenvalue weighted by atomic mass is 10.1. The molecular weight excluding hydrogens is 124 g/mol. The third-order valence-corrected chi connectivity index (χ3v) is 2.22. The number of hydrogen-bond donors (Lipinski definition) is 1. The Bertz CT molecular complexity index is 140. The highest BCUT2D eigenvalue weighted by Crippen LogP contribution is 2.15. The highest BCUT2D eigenvalue weighted by atomic mass is 15.2. The summed E-state index contributed by atoms with van der Waals surface area (Å²) in [5.41, 5.74) is 0. The van der Waals surface area contributed by atoms with Gasteiger partial charge in [0.25, 0.3) is 0 Å². The molecule has 0 aromatic heterocycles. The van der Waals surface area contributed by atoms with Crippen molar-refractivity contribution in [3.05, 3.63) is 11.9 Å². The van der Waals surface area contributed by atoms with Gasteiger partial charge >= 0.3 is 0 Å². The van der Waals surface area contributed by atoms with Crippen LogP contribution in [0, 0.1) is 0 Å². The Morgan fingerprint density at radius 2 is 2.40 bits per heavy atom. The predicted molar refractivity (Wildman–Crippen MR) is 43.6 cm³/mol. The zero-order chi connectivity index (χ0) is 7.56. The van der Waals surface area contributed by atoms with Crippen molar-refractivity contribution < 1.29 is 0 Å². The van der Waals surface area contributed by atoms with E-state index in [1.54, 1.807) is 0 Å². The SMILES string of the molecule is CNC1=CCCC(C)N1C. The van der Waals surface area contributed by atoms with Crippen LogP contribution in [-0.2, 0) is 0 Å². The largest absolute Gasteiger partial charge is 0.375 e. The summed E-state index contributed by atoms with van der Waals surface area (Å²) in [5.74, 6) is 1.26. The summed E-state index contributed by atoms with van der Waals surface area (Å²) in [7, 11) is 4.10. The minimum absolute atomic E-state index is 0.687. The van der Waals surface area contributed by atoms with Crippen LogP contribution in [0.25, 0.3) is 0 Å². The molecule has 0 saturated heterocycles. The van der Waals surface area contributed by atoms with E-state index < -0.39 is 0 Å². The van der Waals surface area contributed by atoms with Crippen molar-refractivity contribution in [2.24, 2.45) is 0 Å². The minimum atomic E-state index is 0.687. The van der Waals surface area contributed by atoms with Gasteiger partial charge in [0.1, 0.15) is 0 Å². The number of hydrogen-bond acceptors (Lipinski definition) is 2. The fourth-order valence-electron chi connectivity index (χ4n) is 1.31. The maximum absolute atomic E-state index is 3.17. The van der Waals surface area contributed by atoms with Crippen LogP contribution < -0.4 is 5.32 Å². The number of allylic oxidation sites excluding steroid dienone is 1. The van der Waals surface area contributed by atoms with Crippen molar-refractivity contribution in [1.82, 2.24) is 10.2 Å². The van der Waals surface area contributed by atoms with Crippen molar-refractivity contribution in [1.29, 1.82) is 0 Å². The van der Waals surface area contributed by atoms with Gasteiger partial charge in [-0.15, -0.1) is 0 Å². The summed E-state index contributed by atoms with van der Waals surface area (Å²) in [6, 6.07) is 0.687. The molecule has 0 spiro atoms. The fraction of sp³-hybridized carbons (Fsp3) is 0.750. The van der Waals surface area contributed by atoms with Crippen LogP contribution in [0.4, 0.5) is 0 Å². The van der Waals surface area contributed by atoms with Gasteiger partial charge in [-0.3, -0.25) is 0 Å². The minimum Gasteiger partial charge on any atom is -0.375 e. The van der Waals surface area contributed by atoms with Gasteiger partial charge in [-0.25, -0.2) is 0 Å². The monoisotopic (exact) mass is 140 g/mol. The molecule has 10 heavy (non-hydrogen) atoms. The van der Waals surface area contributed by atoms with Gasteiger partial charge in [0.15, 0.2) is 0 Å². The third-order valence-electron chi connectivity index (χ3n) is 2.22. The Balaban J connectivity index is 2.62. The lowest BCUT2D eigenvalue weighted by Gasteiger charge is -2.32. The van der Waals surface area contributed by atoms with E-state index >= 15 is 0 Å². The first-order chi connectivity index (χ1) is 4.75. The average molecular weight is 140 g/mol. The van der Waals surface area contributed by atoms with Gasteiger partial charge in [-0.1, -0.05) is 0 Å². The average Bonchev–Trinajstić information content (AvgIpc) is 1.95. The lowest BCUT2D eigenvalue weighted by molar-refractivity contribution is 0.275. The molecule has 1 atom stereocenters. The summed E-state index contributed by atoms with van der Waals surface area (Å²) in [4.78, 5) is 2.28. The summed E-state index contributed by atoms with van der Waals surface area (Å²) in [6.45, 7) is 2.25. The molecule has 1 aliphatic heterocycles. The zero-order valence-electron chi connectivity index (χ0n) is 7.02. The van der Waals surface area contributed by atoms with E-state index in [-0.39, 0.29) is 0 Å². The van der Waals surface area contributed by atoms with E-state index in [0.717, 1.165) is 0 Å². The molecule has 1 aliphatic rings. The van der Waals surface area contributed by atoms with Gasteiger partial charge in [0, 0.05) is 20.1 Å². The standard InChI is InChI=1S/C8H16N2/c1-7-5-4-6-8(9-2)10(7)3/h6-7,9H,4-5H2,1-3H3. The van der Waals surface area contributed by atoms with E-state index in [2.05, 4.69) is 30.3 Å². The Morgan fingerprint density at radius 1 is 1.70 bits per heavy atom. The zero-order valence-corrected chi connectivity index (χ0v) is 7.02. The van der Waals surface area contributed by atoms with Crippen molar-refractivity contribution in [2.75, 3.05) is 14.1 Å². The van der Waals surface area contributed by atoms with Gasteiger partial charge in [0.05, 0.1) is 5.82 Å². The quantitative estimate of drug-likeness (QED) is 0.588. The molecule has 2 heteroatoms. The second-order valence-corrected chi connectivity index (χ2v) is 2.88. The number of rotatable bonds is 1. The summed E-state index contributed by atoms with van der Waals surface area (Å²) in [6.07, 6.45) is 4.74. The van der Waals surface area contributed by atoms with Crippen molar-refractivity contribution in [2.45, 2.75) is 25.8 Å². The summed E-state index contributed by atoms with van der Waals surface area (Å²) >= 11 is 0. The molecular formula is C8H16N2. The Morgan fingerprint density at radius 3 is 2.90 bits per heavy atom. The molecule has 1 heterocycles. The first-order valence-corrected chi connectivity index (χ1v) is 3.86. The summed E-state index contributed by atoms with van der Waals surface area (Å²) < 4.78 is 0. The second-order valence-electron chi connectivity index (χ2n) is 2.88. The molecule has 0 radical (unpaired) electrons. The van der Waals surface area contributed by atoms with E-state index in [4.69, 9.17) is 0 Å². The topological polar surface area (TPSA) is 15.3 Å². The van der Waals surface area contributed by atoms with E-state index in [1.165, 1.54) is 18.7 Å². The predicted octanol–water partition coefficient (Wildman–Crippen LogP) is 1.16. The van der Waals surface area contributed by atoms with E-state index in [1.807, 2.05) is 7.05 Å². The molecule has 0 aromatic rings. The van der Waals surface area contributed by atoms with Crippen LogP contribution in [0.15, 0.2) is 11.9 Å². The smallest absolute Gasteiger partial charge is 0.0968 e. The molecule has 1 unspecified atom stereocenters. The van der Waals surface area contributed by atoms with Crippen LogP contribution in [0.5, 0.6) is 0 Å². The Kier molecular flexibility index (Phi) is 2.20. The van der Waals surface area contributed by atoms with E-state index in [9.17, 15) is 0 Å². The highest BCUT2D eigenvalue weighted by molar-refractivity contribution is 5.02. The number of nitrogens with zero attached hydrogens (tertiary/aromatic N) is 1. The summed E-state index contributed by atoms with van der Waals surface area (Å²) in [5, 5.41) is 3.17. The normalized spacial score (nSPS) is 26.1. The Hall–Kier alpha value is -0.660. The van der Waals surface area contributed by atoms with Gasteiger partial charge in [-0.2, -0.15) is 0 Å². The molecule has 0 aliphatic carbocycles. The first kappa shape index (κ1) is 7.45. The fourth-order valence-corrected chi connectivity index (χ4v) is 1.31. The first-order valence-electron chi connectivity index (χ1n) is 3.86. The number of nitrogens with one attached hydrogen (secondary N) is 1. The van der Waals surface area contributed by atoms with Gasteiger partial charge in [0.2, 0.25) is 0 Å². The van der Waals surface area contributed by atoms with E-state index in [0.29, 0.717) is 6.04 Å². The maximum atomic E-state index is 3.17. The van der Waals surface area contributed by atoms with Crippen LogP contribution in [-0.4, -0.2) is 25.0 Å². The van der Waals surface area contributed by atoms with Gasteiger partial charge < -0.3 is 10.2 Å². The van der Waals surface area contributed by atoms with Crippen LogP contribution >= 0.6 is 0 Å². The molecule has 0 saturated carbocycles. The molecule has 1 rings (SSSR count). The van der Waals surface area contributed by atoms with Crippen molar-refractivity contribution >= 4 is 0 Å². The maximum Gasteiger partial charge on any atom is 0.0968 e. The van der Waals surface area contributed by atoms with Crippen LogP contribution in [0.3, 0.4) is 0 Å². The van der Waals surface area contributed by atoms with Crippen LogP contribution in [0.1, 0.15) is 19.8 Å². The third kappa shape index (κ3) is 1.25. The molecule has 0 aromatic carbocycles. The molecule has 2 nitrogen and oxygen atoms in total. The molecule has 1 N–H and O–H groups in total. The molecule has 0 fully saturated rings. The molecule has 58 valence electrons.